The van der Waals surface area contributed by atoms with Gasteiger partial charge >= 0.3 is 0 Å². The summed E-state index contributed by atoms with van der Waals surface area (Å²) in [5.41, 5.74) is 0.146. The minimum absolute atomic E-state index is 0.146. The Morgan fingerprint density at radius 2 is 2.21 bits per heavy atom. The van der Waals surface area contributed by atoms with Gasteiger partial charge in [0.15, 0.2) is 0 Å². The Labute approximate surface area is 87.5 Å². The Morgan fingerprint density at radius 3 is 2.79 bits per heavy atom. The second kappa shape index (κ2) is 4.60. The topological polar surface area (TPSA) is 35.5 Å². The number of aliphatic hydroxyl groups excluding tert-OH is 1. The number of rotatable bonds is 2. The van der Waals surface area contributed by atoms with Crippen LogP contribution in [0.2, 0.25) is 0 Å². The number of hydrogen-bond acceptors (Lipinski definition) is 3. The van der Waals surface area contributed by atoms with E-state index in [9.17, 15) is 5.11 Å². The molecule has 1 rings (SSSR count). The fourth-order valence-electron chi connectivity index (χ4n) is 2.18. The molecule has 0 bridgehead atoms. The van der Waals surface area contributed by atoms with E-state index in [0.717, 1.165) is 26.1 Å². The van der Waals surface area contributed by atoms with Crippen LogP contribution in [0.4, 0.5) is 0 Å². The average Bonchev–Trinajstić information content (AvgIpc) is 2.24. The van der Waals surface area contributed by atoms with Crippen LogP contribution in [0.3, 0.4) is 0 Å². The smallest absolute Gasteiger partial charge is 0.0791 e. The summed E-state index contributed by atoms with van der Waals surface area (Å²) in [7, 11) is 0. The predicted molar refractivity (Wildman–Crippen MR) is 59.4 cm³/mol. The van der Waals surface area contributed by atoms with E-state index < -0.39 is 0 Å². The number of β-amino-alcohol motifs (C(OH)–C–C–N with tert-alkyl or cyclic N) is 1. The molecule has 0 aromatic heterocycles. The summed E-state index contributed by atoms with van der Waals surface area (Å²) in [6, 6.07) is 0.541. The molecule has 1 fully saturated rings. The normalized spacial score (nSPS) is 31.1. The van der Waals surface area contributed by atoms with Crippen LogP contribution in [-0.4, -0.2) is 47.3 Å². The van der Waals surface area contributed by atoms with Gasteiger partial charge in [0.1, 0.15) is 0 Å². The zero-order chi connectivity index (χ0) is 10.8. The Hall–Kier alpha value is -0.120. The summed E-state index contributed by atoms with van der Waals surface area (Å²) in [5.74, 6) is 0. The maximum Gasteiger partial charge on any atom is 0.0791 e. The first-order valence-electron chi connectivity index (χ1n) is 5.63. The molecule has 2 unspecified atom stereocenters. The van der Waals surface area contributed by atoms with Crippen molar-refractivity contribution in [3.63, 3.8) is 0 Å². The lowest BCUT2D eigenvalue weighted by Gasteiger charge is -2.41. The molecule has 2 atom stereocenters. The highest BCUT2D eigenvalue weighted by Gasteiger charge is 2.33. The molecule has 1 saturated heterocycles. The standard InChI is InChI=1S/C11H24N2O/c1-5-9(2)13-7-10(14)6-12-8-11(13,3)4/h9-10,12,14H,5-8H2,1-4H3. The molecule has 2 N–H and O–H groups in total. The number of aliphatic hydroxyl groups is 1. The molecule has 3 heteroatoms. The van der Waals surface area contributed by atoms with Gasteiger partial charge in [0, 0.05) is 31.2 Å². The van der Waals surface area contributed by atoms with Crippen LogP contribution in [0.1, 0.15) is 34.1 Å². The highest BCUT2D eigenvalue weighted by atomic mass is 16.3. The minimum atomic E-state index is -0.231. The molecule has 1 heterocycles. The van der Waals surface area contributed by atoms with E-state index in [1.54, 1.807) is 0 Å². The fraction of sp³-hybridized carbons (Fsp3) is 1.00. The Kier molecular flexibility index (Phi) is 3.93. The lowest BCUT2D eigenvalue weighted by atomic mass is 10.00. The SMILES string of the molecule is CCC(C)N1CC(O)CNCC1(C)C. The van der Waals surface area contributed by atoms with Crippen molar-refractivity contribution >= 4 is 0 Å². The third-order valence-electron chi connectivity index (χ3n) is 3.25. The zero-order valence-corrected chi connectivity index (χ0v) is 9.88. The summed E-state index contributed by atoms with van der Waals surface area (Å²) in [6.45, 7) is 11.4. The number of nitrogens with one attached hydrogen (secondary N) is 1. The van der Waals surface area contributed by atoms with Gasteiger partial charge in [-0.05, 0) is 27.2 Å². The van der Waals surface area contributed by atoms with Crippen molar-refractivity contribution in [1.82, 2.24) is 10.2 Å². The minimum Gasteiger partial charge on any atom is -0.390 e. The van der Waals surface area contributed by atoms with Gasteiger partial charge < -0.3 is 10.4 Å². The van der Waals surface area contributed by atoms with Crippen LogP contribution in [0, 0.1) is 0 Å². The van der Waals surface area contributed by atoms with E-state index in [4.69, 9.17) is 0 Å². The maximum absolute atomic E-state index is 9.73. The lowest BCUT2D eigenvalue weighted by molar-refractivity contribution is 0.0443. The van der Waals surface area contributed by atoms with Crippen molar-refractivity contribution in [3.05, 3.63) is 0 Å². The van der Waals surface area contributed by atoms with E-state index in [0.29, 0.717) is 6.04 Å². The maximum atomic E-state index is 9.73. The molecule has 0 aliphatic carbocycles. The molecule has 0 amide bonds. The van der Waals surface area contributed by atoms with Crippen molar-refractivity contribution in [2.45, 2.75) is 51.8 Å². The van der Waals surface area contributed by atoms with Crippen LogP contribution in [0.5, 0.6) is 0 Å². The van der Waals surface area contributed by atoms with Gasteiger partial charge in [0.05, 0.1) is 6.10 Å². The molecule has 0 radical (unpaired) electrons. The van der Waals surface area contributed by atoms with Crippen LogP contribution in [-0.2, 0) is 0 Å². The highest BCUT2D eigenvalue weighted by Crippen LogP contribution is 2.21. The van der Waals surface area contributed by atoms with Crippen LogP contribution in [0.15, 0.2) is 0 Å². The van der Waals surface area contributed by atoms with E-state index in [2.05, 4.69) is 37.9 Å². The molecule has 0 spiro atoms. The third kappa shape index (κ3) is 2.69. The van der Waals surface area contributed by atoms with Crippen molar-refractivity contribution in [1.29, 1.82) is 0 Å². The predicted octanol–water partition coefficient (Wildman–Crippen LogP) is 0.830. The molecule has 0 aromatic carbocycles. The van der Waals surface area contributed by atoms with Gasteiger partial charge in [-0.1, -0.05) is 6.92 Å². The summed E-state index contributed by atoms with van der Waals surface area (Å²) in [5, 5.41) is 13.0. The molecular weight excluding hydrogens is 176 g/mol. The largest absolute Gasteiger partial charge is 0.390 e. The average molecular weight is 200 g/mol. The zero-order valence-electron chi connectivity index (χ0n) is 9.88. The first kappa shape index (κ1) is 12.0. The van der Waals surface area contributed by atoms with Crippen molar-refractivity contribution < 1.29 is 5.11 Å². The number of nitrogens with zero attached hydrogens (tertiary/aromatic N) is 1. The number of hydrogen-bond donors (Lipinski definition) is 2. The van der Waals surface area contributed by atoms with Gasteiger partial charge in [-0.15, -0.1) is 0 Å². The molecule has 0 aromatic rings. The van der Waals surface area contributed by atoms with Crippen molar-refractivity contribution in [2.24, 2.45) is 0 Å². The Morgan fingerprint density at radius 1 is 1.57 bits per heavy atom. The van der Waals surface area contributed by atoms with Gasteiger partial charge in [0.2, 0.25) is 0 Å². The second-order valence-electron chi connectivity index (χ2n) is 5.01. The van der Waals surface area contributed by atoms with Gasteiger partial charge in [-0.25, -0.2) is 0 Å². The summed E-state index contributed by atoms with van der Waals surface area (Å²) in [4.78, 5) is 2.41. The molecule has 3 nitrogen and oxygen atoms in total. The molecule has 1 aliphatic rings. The lowest BCUT2D eigenvalue weighted by Crippen LogP contribution is -2.53. The van der Waals surface area contributed by atoms with E-state index in [1.807, 2.05) is 0 Å². The molecule has 0 saturated carbocycles. The molecule has 1 aliphatic heterocycles. The van der Waals surface area contributed by atoms with Crippen molar-refractivity contribution in [2.75, 3.05) is 19.6 Å². The third-order valence-corrected chi connectivity index (χ3v) is 3.25. The first-order chi connectivity index (χ1) is 6.47. The summed E-state index contributed by atoms with van der Waals surface area (Å²) < 4.78 is 0. The first-order valence-corrected chi connectivity index (χ1v) is 5.63. The van der Waals surface area contributed by atoms with E-state index >= 15 is 0 Å². The van der Waals surface area contributed by atoms with Gasteiger partial charge in [0.25, 0.3) is 0 Å². The molecule has 14 heavy (non-hydrogen) atoms. The van der Waals surface area contributed by atoms with E-state index in [1.165, 1.54) is 0 Å². The quantitative estimate of drug-likeness (QED) is 0.693. The second-order valence-corrected chi connectivity index (χ2v) is 5.01. The van der Waals surface area contributed by atoms with Crippen LogP contribution >= 0.6 is 0 Å². The molecular formula is C11H24N2O. The van der Waals surface area contributed by atoms with E-state index in [-0.39, 0.29) is 11.6 Å². The monoisotopic (exact) mass is 200 g/mol. The summed E-state index contributed by atoms with van der Waals surface area (Å²) in [6.07, 6.45) is 0.904. The van der Waals surface area contributed by atoms with Gasteiger partial charge in [-0.3, -0.25) is 4.90 Å². The van der Waals surface area contributed by atoms with Crippen molar-refractivity contribution in [3.8, 4) is 0 Å². The summed E-state index contributed by atoms with van der Waals surface area (Å²) >= 11 is 0. The Balaban J connectivity index is 2.73. The van der Waals surface area contributed by atoms with Crippen LogP contribution in [0.25, 0.3) is 0 Å². The fourth-order valence-corrected chi connectivity index (χ4v) is 2.18. The van der Waals surface area contributed by atoms with Gasteiger partial charge in [-0.2, -0.15) is 0 Å². The van der Waals surface area contributed by atoms with Crippen LogP contribution < -0.4 is 5.32 Å². The highest BCUT2D eigenvalue weighted by molar-refractivity contribution is 4.91. The molecule has 84 valence electrons. The Bertz CT molecular complexity index is 182.